The molecule has 0 aliphatic rings. The Kier molecular flexibility index (Phi) is 3.54. The lowest BCUT2D eigenvalue weighted by molar-refractivity contribution is 0.322. The van der Waals surface area contributed by atoms with E-state index in [0.29, 0.717) is 4.34 Å². The average Bonchev–Trinajstić information content (AvgIpc) is 3.07. The zero-order valence-corrected chi connectivity index (χ0v) is 11.8. The Hall–Kier alpha value is -2.11. The zero-order chi connectivity index (χ0) is 13.9. The minimum absolute atomic E-state index is 0.696. The molecule has 0 radical (unpaired) electrons. The molecule has 0 saturated heterocycles. The van der Waals surface area contributed by atoms with E-state index in [0.717, 1.165) is 21.8 Å². The van der Waals surface area contributed by atoms with Crippen LogP contribution in [-0.4, -0.2) is 21.2 Å². The van der Waals surface area contributed by atoms with Crippen LogP contribution in [0.5, 0.6) is 0 Å². The third-order valence-electron chi connectivity index (χ3n) is 2.77. The van der Waals surface area contributed by atoms with Gasteiger partial charge in [0.15, 0.2) is 0 Å². The van der Waals surface area contributed by atoms with Gasteiger partial charge in [0.2, 0.25) is 0 Å². The molecule has 4 nitrogen and oxygen atoms in total. The number of hydrogen-bond donors (Lipinski definition) is 1. The highest BCUT2D eigenvalue weighted by molar-refractivity contribution is 7.19. The number of rotatable bonds is 3. The lowest BCUT2D eigenvalue weighted by Crippen LogP contribution is -1.93. The fourth-order valence-electron chi connectivity index (χ4n) is 1.89. The number of nitrogens with zero attached hydrogens (tertiary/aromatic N) is 3. The summed E-state index contributed by atoms with van der Waals surface area (Å²) in [7, 11) is 0. The van der Waals surface area contributed by atoms with Gasteiger partial charge < -0.3 is 5.21 Å². The summed E-state index contributed by atoms with van der Waals surface area (Å²) in [5, 5.41) is 16.4. The molecular weight excluding hydrogens is 294 g/mol. The Bertz CT molecular complexity index is 749. The largest absolute Gasteiger partial charge is 0.411 e. The fourth-order valence-corrected chi connectivity index (χ4v) is 2.94. The highest BCUT2D eigenvalue weighted by atomic mass is 35.5. The maximum atomic E-state index is 8.79. The van der Waals surface area contributed by atoms with E-state index in [1.165, 1.54) is 17.6 Å². The monoisotopic (exact) mass is 303 g/mol. The summed E-state index contributed by atoms with van der Waals surface area (Å²) in [6.07, 6.45) is 3.19. The number of benzene rings is 1. The first-order chi connectivity index (χ1) is 9.78. The molecule has 20 heavy (non-hydrogen) atoms. The summed E-state index contributed by atoms with van der Waals surface area (Å²) in [6.45, 7) is 0. The predicted molar refractivity (Wildman–Crippen MR) is 81.3 cm³/mol. The van der Waals surface area contributed by atoms with Gasteiger partial charge in [0.25, 0.3) is 0 Å². The van der Waals surface area contributed by atoms with E-state index in [1.807, 2.05) is 48.7 Å². The molecule has 1 aromatic carbocycles. The maximum Gasteiger partial charge on any atom is 0.112 e. The van der Waals surface area contributed by atoms with E-state index < -0.39 is 0 Å². The molecule has 0 spiro atoms. The minimum atomic E-state index is 0.696. The number of para-hydroxylation sites is 1. The number of oxime groups is 1. The first-order valence-corrected chi connectivity index (χ1v) is 7.05. The van der Waals surface area contributed by atoms with Crippen LogP contribution in [0.3, 0.4) is 0 Å². The molecule has 3 aromatic rings. The van der Waals surface area contributed by atoms with Crippen LogP contribution < -0.4 is 0 Å². The Labute approximate surface area is 124 Å². The van der Waals surface area contributed by atoms with Gasteiger partial charge in [0, 0.05) is 11.8 Å². The van der Waals surface area contributed by atoms with E-state index in [2.05, 4.69) is 10.3 Å². The van der Waals surface area contributed by atoms with Crippen LogP contribution in [0.25, 0.3) is 16.3 Å². The average molecular weight is 304 g/mol. The van der Waals surface area contributed by atoms with Gasteiger partial charge in [-0.15, -0.1) is 11.3 Å². The van der Waals surface area contributed by atoms with Crippen molar-refractivity contribution in [1.29, 1.82) is 0 Å². The number of thiophene rings is 1. The van der Waals surface area contributed by atoms with Gasteiger partial charge in [0.1, 0.15) is 5.69 Å². The Balaban J connectivity index is 2.12. The molecule has 0 amide bonds. The molecule has 3 rings (SSSR count). The first kappa shape index (κ1) is 12.9. The first-order valence-electron chi connectivity index (χ1n) is 5.86. The van der Waals surface area contributed by atoms with Gasteiger partial charge in [-0.1, -0.05) is 35.0 Å². The van der Waals surface area contributed by atoms with Crippen LogP contribution in [-0.2, 0) is 0 Å². The van der Waals surface area contributed by atoms with Gasteiger partial charge in [0.05, 0.1) is 21.1 Å². The third-order valence-corrected chi connectivity index (χ3v) is 4.00. The fraction of sp³-hybridized carbons (Fsp3) is 0. The molecule has 0 bridgehead atoms. The molecule has 1 N–H and O–H groups in total. The molecule has 2 heterocycles. The van der Waals surface area contributed by atoms with Crippen molar-refractivity contribution in [3.8, 4) is 16.3 Å². The van der Waals surface area contributed by atoms with E-state index in [1.54, 1.807) is 4.68 Å². The quantitative estimate of drug-likeness (QED) is 0.450. The summed E-state index contributed by atoms with van der Waals surface area (Å²) >= 11 is 7.40. The highest BCUT2D eigenvalue weighted by Crippen LogP contribution is 2.32. The molecule has 2 aromatic heterocycles. The topological polar surface area (TPSA) is 50.4 Å². The summed E-state index contributed by atoms with van der Waals surface area (Å²) in [5.41, 5.74) is 2.41. The summed E-state index contributed by atoms with van der Waals surface area (Å²) in [4.78, 5) is 0.930. The standard InChI is InChI=1S/C14H10ClN3OS/c15-13-7-6-12(20-13)14-10(8-16-19)9-18(17-14)11-4-2-1-3-5-11/h1-9,19H/b16-8-. The minimum Gasteiger partial charge on any atom is -0.411 e. The molecule has 0 atom stereocenters. The van der Waals surface area contributed by atoms with E-state index in [4.69, 9.17) is 16.8 Å². The molecule has 0 aliphatic carbocycles. The molecule has 0 fully saturated rings. The predicted octanol–water partition coefficient (Wildman–Crippen LogP) is 4.06. The van der Waals surface area contributed by atoms with Gasteiger partial charge in [-0.2, -0.15) is 5.10 Å². The highest BCUT2D eigenvalue weighted by Gasteiger charge is 2.13. The van der Waals surface area contributed by atoms with Gasteiger partial charge >= 0.3 is 0 Å². The Morgan fingerprint density at radius 1 is 1.20 bits per heavy atom. The van der Waals surface area contributed by atoms with Crippen molar-refractivity contribution < 1.29 is 5.21 Å². The smallest absolute Gasteiger partial charge is 0.112 e. The van der Waals surface area contributed by atoms with Crippen molar-refractivity contribution in [2.75, 3.05) is 0 Å². The molecule has 0 saturated carbocycles. The number of hydrogen-bond acceptors (Lipinski definition) is 4. The van der Waals surface area contributed by atoms with Crippen LogP contribution in [0.2, 0.25) is 4.34 Å². The van der Waals surface area contributed by atoms with Crippen molar-refractivity contribution in [3.05, 3.63) is 58.6 Å². The van der Waals surface area contributed by atoms with E-state index in [-0.39, 0.29) is 0 Å². The summed E-state index contributed by atoms with van der Waals surface area (Å²) < 4.78 is 2.45. The van der Waals surface area contributed by atoms with E-state index >= 15 is 0 Å². The summed E-state index contributed by atoms with van der Waals surface area (Å²) in [5.74, 6) is 0. The van der Waals surface area contributed by atoms with Crippen molar-refractivity contribution in [2.45, 2.75) is 0 Å². The summed E-state index contributed by atoms with van der Waals surface area (Å²) in [6, 6.07) is 13.5. The molecular formula is C14H10ClN3OS. The van der Waals surface area contributed by atoms with Crippen LogP contribution in [0, 0.1) is 0 Å². The zero-order valence-electron chi connectivity index (χ0n) is 10.3. The van der Waals surface area contributed by atoms with Gasteiger partial charge in [-0.3, -0.25) is 0 Å². The second-order valence-corrected chi connectivity index (χ2v) is 5.78. The molecule has 0 aliphatic heterocycles. The van der Waals surface area contributed by atoms with Crippen molar-refractivity contribution in [2.24, 2.45) is 5.16 Å². The second kappa shape index (κ2) is 5.48. The van der Waals surface area contributed by atoms with Crippen LogP contribution in [0.4, 0.5) is 0 Å². The lowest BCUT2D eigenvalue weighted by atomic mass is 10.2. The van der Waals surface area contributed by atoms with Crippen molar-refractivity contribution >= 4 is 29.2 Å². The van der Waals surface area contributed by atoms with E-state index in [9.17, 15) is 0 Å². The third kappa shape index (κ3) is 2.45. The second-order valence-electron chi connectivity index (χ2n) is 4.06. The van der Waals surface area contributed by atoms with Gasteiger partial charge in [-0.25, -0.2) is 4.68 Å². The van der Waals surface area contributed by atoms with Crippen LogP contribution >= 0.6 is 22.9 Å². The number of aromatic nitrogens is 2. The molecule has 100 valence electrons. The molecule has 0 unspecified atom stereocenters. The normalized spacial score (nSPS) is 11.2. The van der Waals surface area contributed by atoms with Crippen LogP contribution in [0.1, 0.15) is 5.56 Å². The lowest BCUT2D eigenvalue weighted by Gasteiger charge is -1.99. The van der Waals surface area contributed by atoms with Crippen molar-refractivity contribution in [1.82, 2.24) is 9.78 Å². The Morgan fingerprint density at radius 2 is 2.00 bits per heavy atom. The maximum absolute atomic E-state index is 8.79. The SMILES string of the molecule is O/N=C\c1cn(-c2ccccc2)nc1-c1ccc(Cl)s1. The van der Waals surface area contributed by atoms with Gasteiger partial charge in [-0.05, 0) is 24.3 Å². The van der Waals surface area contributed by atoms with Crippen LogP contribution in [0.15, 0.2) is 53.8 Å². The molecule has 6 heteroatoms. The van der Waals surface area contributed by atoms with Crippen molar-refractivity contribution in [3.63, 3.8) is 0 Å². The number of halogens is 1. The Morgan fingerprint density at radius 3 is 2.65 bits per heavy atom.